The summed E-state index contributed by atoms with van der Waals surface area (Å²) in [7, 11) is 1.71. The highest BCUT2D eigenvalue weighted by atomic mass is 16.6. The van der Waals surface area contributed by atoms with E-state index in [-0.39, 0.29) is 11.5 Å². The smallest absolute Gasteiger partial charge is 0.164 e. The molecule has 4 nitrogen and oxygen atoms in total. The molecule has 1 saturated carbocycles. The minimum atomic E-state index is 0.0802. The van der Waals surface area contributed by atoms with Crippen molar-refractivity contribution in [1.82, 2.24) is 0 Å². The summed E-state index contributed by atoms with van der Waals surface area (Å²) in [5, 5.41) is 0. The molecule has 1 atom stereocenters. The zero-order valence-electron chi connectivity index (χ0n) is 12.1. The number of nitrogens with two attached hydrogens (primary N) is 1. The number of rotatable bonds is 5. The molecule has 1 aliphatic heterocycles. The zero-order chi connectivity index (χ0) is 14.0. The molecule has 1 aromatic rings. The molecule has 0 radical (unpaired) electrons. The second-order valence-corrected chi connectivity index (χ2v) is 5.78. The van der Waals surface area contributed by atoms with Crippen molar-refractivity contribution < 1.29 is 14.2 Å². The maximum Gasteiger partial charge on any atom is 0.164 e. The van der Waals surface area contributed by atoms with Crippen LogP contribution in [0.5, 0.6) is 11.5 Å². The molecule has 1 aromatic carbocycles. The molecule has 1 aliphatic carbocycles. The summed E-state index contributed by atoms with van der Waals surface area (Å²) in [6, 6.07) is 6.14. The highest BCUT2D eigenvalue weighted by molar-refractivity contribution is 5.51. The SMILES string of the molecule is COc1c(OC2CCOC2)cccc1C1(CN)CCC1. The van der Waals surface area contributed by atoms with E-state index in [2.05, 4.69) is 6.07 Å². The van der Waals surface area contributed by atoms with Gasteiger partial charge < -0.3 is 19.9 Å². The first kappa shape index (κ1) is 13.7. The van der Waals surface area contributed by atoms with E-state index in [1.807, 2.05) is 12.1 Å². The van der Waals surface area contributed by atoms with Crippen molar-refractivity contribution in [2.75, 3.05) is 26.9 Å². The molecule has 1 heterocycles. The van der Waals surface area contributed by atoms with Crippen LogP contribution in [0.15, 0.2) is 18.2 Å². The average Bonchev–Trinajstić information content (AvgIpc) is 2.91. The predicted octanol–water partition coefficient (Wildman–Crippen LogP) is 2.24. The first-order chi connectivity index (χ1) is 9.79. The fraction of sp³-hybridized carbons (Fsp3) is 0.625. The van der Waals surface area contributed by atoms with Crippen LogP contribution in [0.4, 0.5) is 0 Å². The quantitative estimate of drug-likeness (QED) is 0.897. The average molecular weight is 277 g/mol. The number of ether oxygens (including phenoxy) is 3. The maximum atomic E-state index is 6.06. The molecule has 4 heteroatoms. The second kappa shape index (κ2) is 5.62. The summed E-state index contributed by atoms with van der Waals surface area (Å²) in [6.45, 7) is 2.11. The highest BCUT2D eigenvalue weighted by Gasteiger charge is 2.40. The molecule has 2 aliphatic rings. The van der Waals surface area contributed by atoms with Crippen LogP contribution in [0.25, 0.3) is 0 Å². The summed E-state index contributed by atoms with van der Waals surface area (Å²) in [4.78, 5) is 0. The summed E-state index contributed by atoms with van der Waals surface area (Å²) in [6.07, 6.45) is 4.58. The lowest BCUT2D eigenvalue weighted by Gasteiger charge is -2.42. The van der Waals surface area contributed by atoms with E-state index in [1.165, 1.54) is 12.0 Å². The normalized spacial score (nSPS) is 24.2. The highest BCUT2D eigenvalue weighted by Crippen LogP contribution is 2.49. The molecule has 0 aromatic heterocycles. The Morgan fingerprint density at radius 1 is 1.40 bits per heavy atom. The maximum absolute atomic E-state index is 6.06. The van der Waals surface area contributed by atoms with Gasteiger partial charge in [-0.2, -0.15) is 0 Å². The Morgan fingerprint density at radius 3 is 2.80 bits per heavy atom. The van der Waals surface area contributed by atoms with E-state index in [0.29, 0.717) is 13.2 Å². The lowest BCUT2D eigenvalue weighted by molar-refractivity contribution is 0.138. The number of hydrogen-bond acceptors (Lipinski definition) is 4. The first-order valence-electron chi connectivity index (χ1n) is 7.41. The fourth-order valence-corrected chi connectivity index (χ4v) is 3.21. The standard InChI is InChI=1S/C16H23NO3/c1-18-15-13(16(11-17)7-3-8-16)4-2-5-14(15)20-12-6-9-19-10-12/h2,4-5,12H,3,6-11,17H2,1H3. The minimum absolute atomic E-state index is 0.0802. The number of para-hydroxylation sites is 1. The van der Waals surface area contributed by atoms with Crippen molar-refractivity contribution in [1.29, 1.82) is 0 Å². The largest absolute Gasteiger partial charge is 0.493 e. The van der Waals surface area contributed by atoms with Gasteiger partial charge in [0.25, 0.3) is 0 Å². The van der Waals surface area contributed by atoms with Crippen molar-refractivity contribution in [3.63, 3.8) is 0 Å². The molecular formula is C16H23NO3. The summed E-state index contributed by atoms with van der Waals surface area (Å²) in [5.41, 5.74) is 7.30. The molecule has 110 valence electrons. The lowest BCUT2D eigenvalue weighted by Crippen LogP contribution is -2.41. The van der Waals surface area contributed by atoms with E-state index in [1.54, 1.807) is 7.11 Å². The van der Waals surface area contributed by atoms with Crippen LogP contribution in [0.2, 0.25) is 0 Å². The van der Waals surface area contributed by atoms with Crippen molar-refractivity contribution >= 4 is 0 Å². The van der Waals surface area contributed by atoms with Crippen LogP contribution in [0.3, 0.4) is 0 Å². The van der Waals surface area contributed by atoms with Crippen LogP contribution in [-0.2, 0) is 10.2 Å². The third kappa shape index (κ3) is 2.27. The van der Waals surface area contributed by atoms with E-state index >= 15 is 0 Å². The van der Waals surface area contributed by atoms with E-state index < -0.39 is 0 Å². The topological polar surface area (TPSA) is 53.7 Å². The summed E-state index contributed by atoms with van der Waals surface area (Å²) < 4.78 is 17.1. The molecule has 1 saturated heterocycles. The van der Waals surface area contributed by atoms with Crippen LogP contribution in [-0.4, -0.2) is 33.0 Å². The van der Waals surface area contributed by atoms with Gasteiger partial charge in [-0.15, -0.1) is 0 Å². The Balaban J connectivity index is 1.90. The van der Waals surface area contributed by atoms with Crippen molar-refractivity contribution in [3.8, 4) is 11.5 Å². The van der Waals surface area contributed by atoms with Crippen LogP contribution in [0, 0.1) is 0 Å². The van der Waals surface area contributed by atoms with Gasteiger partial charge in [0.05, 0.1) is 20.3 Å². The number of methoxy groups -OCH3 is 1. The van der Waals surface area contributed by atoms with Crippen LogP contribution < -0.4 is 15.2 Å². The van der Waals surface area contributed by atoms with E-state index in [0.717, 1.165) is 37.4 Å². The molecule has 0 bridgehead atoms. The van der Waals surface area contributed by atoms with Gasteiger partial charge in [0, 0.05) is 23.9 Å². The van der Waals surface area contributed by atoms with Gasteiger partial charge in [-0.05, 0) is 18.9 Å². The fourth-order valence-electron chi connectivity index (χ4n) is 3.21. The van der Waals surface area contributed by atoms with E-state index in [9.17, 15) is 0 Å². The van der Waals surface area contributed by atoms with Gasteiger partial charge in [0.2, 0.25) is 0 Å². The van der Waals surface area contributed by atoms with Gasteiger partial charge in [-0.1, -0.05) is 18.6 Å². The van der Waals surface area contributed by atoms with Gasteiger partial charge in [-0.3, -0.25) is 0 Å². The molecule has 0 spiro atoms. The Kier molecular flexibility index (Phi) is 3.85. The van der Waals surface area contributed by atoms with Crippen LogP contribution in [0.1, 0.15) is 31.2 Å². The van der Waals surface area contributed by atoms with Gasteiger partial charge in [0.15, 0.2) is 11.5 Å². The number of benzene rings is 1. The van der Waals surface area contributed by atoms with Gasteiger partial charge in [-0.25, -0.2) is 0 Å². The number of hydrogen-bond donors (Lipinski definition) is 1. The minimum Gasteiger partial charge on any atom is -0.493 e. The first-order valence-corrected chi connectivity index (χ1v) is 7.41. The third-order valence-electron chi connectivity index (χ3n) is 4.64. The Bertz CT molecular complexity index is 459. The molecular weight excluding hydrogens is 254 g/mol. The Labute approximate surface area is 120 Å². The van der Waals surface area contributed by atoms with Gasteiger partial charge >= 0.3 is 0 Å². The molecule has 1 unspecified atom stereocenters. The summed E-state index contributed by atoms with van der Waals surface area (Å²) in [5.74, 6) is 1.67. The summed E-state index contributed by atoms with van der Waals surface area (Å²) >= 11 is 0. The molecule has 2 N–H and O–H groups in total. The van der Waals surface area contributed by atoms with Gasteiger partial charge in [0.1, 0.15) is 6.10 Å². The van der Waals surface area contributed by atoms with Crippen molar-refractivity contribution in [3.05, 3.63) is 23.8 Å². The Hall–Kier alpha value is -1.26. The third-order valence-corrected chi connectivity index (χ3v) is 4.64. The van der Waals surface area contributed by atoms with E-state index in [4.69, 9.17) is 19.9 Å². The Morgan fingerprint density at radius 2 is 2.25 bits per heavy atom. The molecule has 3 rings (SSSR count). The zero-order valence-corrected chi connectivity index (χ0v) is 12.1. The predicted molar refractivity (Wildman–Crippen MR) is 77.4 cm³/mol. The monoisotopic (exact) mass is 277 g/mol. The van der Waals surface area contributed by atoms with Crippen LogP contribution >= 0.6 is 0 Å². The van der Waals surface area contributed by atoms with Crippen molar-refractivity contribution in [2.24, 2.45) is 5.73 Å². The second-order valence-electron chi connectivity index (χ2n) is 5.78. The molecule has 0 amide bonds. The van der Waals surface area contributed by atoms with Crippen molar-refractivity contribution in [2.45, 2.75) is 37.2 Å². The molecule has 20 heavy (non-hydrogen) atoms. The molecule has 2 fully saturated rings. The lowest BCUT2D eigenvalue weighted by atomic mass is 9.64.